The van der Waals surface area contributed by atoms with Gasteiger partial charge in [-0.15, -0.1) is 0 Å². The Labute approximate surface area is 109 Å². The van der Waals surface area contributed by atoms with Crippen LogP contribution in [0.25, 0.3) is 5.65 Å². The van der Waals surface area contributed by atoms with Gasteiger partial charge in [-0.3, -0.25) is 0 Å². The van der Waals surface area contributed by atoms with Gasteiger partial charge in [-0.05, 0) is 5.56 Å². The molecule has 1 N–H and O–H groups in total. The van der Waals surface area contributed by atoms with E-state index in [1.807, 2.05) is 18.2 Å². The van der Waals surface area contributed by atoms with Gasteiger partial charge in [0, 0.05) is 25.0 Å². The highest BCUT2D eigenvalue weighted by atomic mass is 35.5. The van der Waals surface area contributed by atoms with Crippen LogP contribution in [-0.4, -0.2) is 14.6 Å². The van der Waals surface area contributed by atoms with E-state index in [4.69, 9.17) is 11.6 Å². The van der Waals surface area contributed by atoms with Gasteiger partial charge in [0.05, 0.1) is 5.69 Å². The van der Waals surface area contributed by atoms with Crippen LogP contribution in [0, 0.1) is 0 Å². The van der Waals surface area contributed by atoms with E-state index >= 15 is 0 Å². The van der Waals surface area contributed by atoms with Crippen LogP contribution in [0.2, 0.25) is 5.15 Å². The molecule has 18 heavy (non-hydrogen) atoms. The molecule has 0 spiro atoms. The van der Waals surface area contributed by atoms with Gasteiger partial charge in [0.25, 0.3) is 0 Å². The number of aromatic nitrogens is 3. The summed E-state index contributed by atoms with van der Waals surface area (Å²) < 4.78 is 1.66. The van der Waals surface area contributed by atoms with Crippen molar-refractivity contribution >= 4 is 22.9 Å². The molecule has 4 nitrogen and oxygen atoms in total. The van der Waals surface area contributed by atoms with Crippen LogP contribution in [0.3, 0.4) is 0 Å². The summed E-state index contributed by atoms with van der Waals surface area (Å²) in [6.07, 6.45) is 3.47. The lowest BCUT2D eigenvalue weighted by Gasteiger charge is -2.07. The minimum atomic E-state index is 0.441. The third-order valence-electron chi connectivity index (χ3n) is 2.66. The molecule has 2 heterocycles. The molecule has 1 aromatic carbocycles. The molecule has 2 aromatic heterocycles. The van der Waals surface area contributed by atoms with E-state index in [0.717, 1.165) is 17.9 Å². The second-order valence-corrected chi connectivity index (χ2v) is 4.30. The summed E-state index contributed by atoms with van der Waals surface area (Å²) in [6.45, 7) is 0.726. The van der Waals surface area contributed by atoms with Crippen molar-refractivity contribution in [2.45, 2.75) is 6.54 Å². The number of rotatable bonds is 3. The first-order chi connectivity index (χ1) is 8.83. The average Bonchev–Trinajstić information content (AvgIpc) is 2.85. The lowest BCUT2D eigenvalue weighted by Crippen LogP contribution is -2.03. The Balaban J connectivity index is 1.88. The van der Waals surface area contributed by atoms with E-state index in [0.29, 0.717) is 5.15 Å². The van der Waals surface area contributed by atoms with Crippen molar-refractivity contribution in [3.8, 4) is 0 Å². The molecule has 0 atom stereocenters. The van der Waals surface area contributed by atoms with Crippen LogP contribution in [0.1, 0.15) is 5.56 Å². The van der Waals surface area contributed by atoms with Gasteiger partial charge in [-0.25, -0.2) is 9.50 Å². The fourth-order valence-electron chi connectivity index (χ4n) is 1.81. The third kappa shape index (κ3) is 2.15. The highest BCUT2D eigenvalue weighted by molar-refractivity contribution is 6.29. The van der Waals surface area contributed by atoms with Crippen LogP contribution in [0.4, 0.5) is 5.69 Å². The molecule has 0 aliphatic heterocycles. The number of benzene rings is 1. The average molecular weight is 259 g/mol. The number of anilines is 1. The topological polar surface area (TPSA) is 42.2 Å². The van der Waals surface area contributed by atoms with Crippen molar-refractivity contribution in [1.82, 2.24) is 14.6 Å². The van der Waals surface area contributed by atoms with Crippen LogP contribution in [0.5, 0.6) is 0 Å². The third-order valence-corrected chi connectivity index (χ3v) is 2.84. The molecule has 0 saturated carbocycles. The summed E-state index contributed by atoms with van der Waals surface area (Å²) in [6, 6.07) is 12.0. The van der Waals surface area contributed by atoms with Crippen LogP contribution < -0.4 is 5.32 Å². The molecule has 0 saturated heterocycles. The standard InChI is InChI=1S/C13H11ClN4/c14-12-8-11(13-15-6-7-18(13)17-12)16-9-10-4-2-1-3-5-10/h1-8,16H,9H2. The number of nitrogens with one attached hydrogen (secondary N) is 1. The second-order valence-electron chi connectivity index (χ2n) is 3.92. The summed E-state index contributed by atoms with van der Waals surface area (Å²) in [5.41, 5.74) is 2.86. The summed E-state index contributed by atoms with van der Waals surface area (Å²) in [5, 5.41) is 7.89. The Morgan fingerprint density at radius 2 is 2.06 bits per heavy atom. The number of nitrogens with zero attached hydrogens (tertiary/aromatic N) is 3. The zero-order valence-electron chi connectivity index (χ0n) is 9.55. The zero-order valence-corrected chi connectivity index (χ0v) is 10.3. The summed E-state index contributed by atoms with van der Waals surface area (Å²) in [7, 11) is 0. The van der Waals surface area contributed by atoms with E-state index in [-0.39, 0.29) is 0 Å². The Morgan fingerprint density at radius 1 is 1.22 bits per heavy atom. The first kappa shape index (κ1) is 11.0. The maximum absolute atomic E-state index is 5.96. The maximum atomic E-state index is 5.96. The van der Waals surface area contributed by atoms with Crippen LogP contribution in [0.15, 0.2) is 48.8 Å². The van der Waals surface area contributed by atoms with Crippen LogP contribution in [-0.2, 0) is 6.54 Å². The quantitative estimate of drug-likeness (QED) is 0.785. The van der Waals surface area contributed by atoms with Gasteiger partial charge in [0.1, 0.15) is 0 Å². The van der Waals surface area contributed by atoms with Crippen molar-refractivity contribution in [2.75, 3.05) is 5.32 Å². The molecule has 3 rings (SSSR count). The molecule has 0 radical (unpaired) electrons. The molecule has 0 aliphatic rings. The summed E-state index contributed by atoms with van der Waals surface area (Å²) >= 11 is 5.96. The maximum Gasteiger partial charge on any atom is 0.177 e. The normalized spacial score (nSPS) is 10.7. The molecule has 5 heteroatoms. The summed E-state index contributed by atoms with van der Waals surface area (Å²) in [5.74, 6) is 0. The van der Waals surface area contributed by atoms with Gasteiger partial charge in [0.15, 0.2) is 10.8 Å². The van der Waals surface area contributed by atoms with E-state index in [2.05, 4.69) is 27.5 Å². The van der Waals surface area contributed by atoms with Gasteiger partial charge in [0.2, 0.25) is 0 Å². The van der Waals surface area contributed by atoms with E-state index < -0.39 is 0 Å². The SMILES string of the molecule is Clc1cc(NCc2ccccc2)c2nccn2n1. The lowest BCUT2D eigenvalue weighted by molar-refractivity contribution is 0.934. The van der Waals surface area contributed by atoms with Crippen molar-refractivity contribution in [2.24, 2.45) is 0 Å². The van der Waals surface area contributed by atoms with Crippen molar-refractivity contribution in [3.63, 3.8) is 0 Å². The second kappa shape index (κ2) is 4.66. The molecular weight excluding hydrogens is 248 g/mol. The zero-order chi connectivity index (χ0) is 12.4. The smallest absolute Gasteiger partial charge is 0.177 e. The number of fused-ring (bicyclic) bond motifs is 1. The lowest BCUT2D eigenvalue weighted by atomic mass is 10.2. The molecule has 90 valence electrons. The van der Waals surface area contributed by atoms with Gasteiger partial charge in [-0.2, -0.15) is 5.10 Å². The molecule has 0 fully saturated rings. The highest BCUT2D eigenvalue weighted by Gasteiger charge is 2.05. The predicted molar refractivity (Wildman–Crippen MR) is 71.8 cm³/mol. The van der Waals surface area contributed by atoms with Crippen molar-refractivity contribution < 1.29 is 0 Å². The molecule has 0 aliphatic carbocycles. The summed E-state index contributed by atoms with van der Waals surface area (Å²) in [4.78, 5) is 4.25. The molecule has 0 bridgehead atoms. The highest BCUT2D eigenvalue weighted by Crippen LogP contribution is 2.19. The van der Waals surface area contributed by atoms with Crippen molar-refractivity contribution in [1.29, 1.82) is 0 Å². The van der Waals surface area contributed by atoms with E-state index in [1.165, 1.54) is 5.56 Å². The molecular formula is C13H11ClN4. The number of hydrogen-bond donors (Lipinski definition) is 1. The Bertz CT molecular complexity index is 663. The Morgan fingerprint density at radius 3 is 2.89 bits per heavy atom. The number of hydrogen-bond acceptors (Lipinski definition) is 3. The van der Waals surface area contributed by atoms with E-state index in [1.54, 1.807) is 23.0 Å². The fraction of sp³-hybridized carbons (Fsp3) is 0.0769. The van der Waals surface area contributed by atoms with E-state index in [9.17, 15) is 0 Å². The molecule has 0 unspecified atom stereocenters. The Hall–Kier alpha value is -2.07. The van der Waals surface area contributed by atoms with Crippen LogP contribution >= 0.6 is 11.6 Å². The minimum Gasteiger partial charge on any atom is -0.378 e. The first-order valence-electron chi connectivity index (χ1n) is 5.60. The number of imidazole rings is 1. The van der Waals surface area contributed by atoms with Gasteiger partial charge in [-0.1, -0.05) is 41.9 Å². The largest absolute Gasteiger partial charge is 0.378 e. The predicted octanol–water partition coefficient (Wildman–Crippen LogP) is 2.99. The molecule has 0 amide bonds. The Kier molecular flexibility index (Phi) is 2.86. The minimum absolute atomic E-state index is 0.441. The molecule has 3 aromatic rings. The van der Waals surface area contributed by atoms with Crippen molar-refractivity contribution in [3.05, 3.63) is 59.5 Å². The van der Waals surface area contributed by atoms with Gasteiger partial charge < -0.3 is 5.32 Å². The monoisotopic (exact) mass is 258 g/mol. The van der Waals surface area contributed by atoms with Gasteiger partial charge >= 0.3 is 0 Å². The fourth-order valence-corrected chi connectivity index (χ4v) is 2.00. The number of halogens is 1. The first-order valence-corrected chi connectivity index (χ1v) is 5.98.